The second-order valence-electron chi connectivity index (χ2n) is 9.44. The summed E-state index contributed by atoms with van der Waals surface area (Å²) in [6.45, 7) is 0. The molecule has 9 rings (SSSR count). The topological polar surface area (TPSA) is 30.2 Å². The summed E-state index contributed by atoms with van der Waals surface area (Å²) in [6, 6.07) is 36.7. The number of aromatic nitrogens is 3. The Bertz CT molecular complexity index is 2310. The lowest BCUT2D eigenvalue weighted by molar-refractivity contribution is 1.28. The van der Waals surface area contributed by atoms with Crippen LogP contribution in [0.3, 0.4) is 0 Å². The summed E-state index contributed by atoms with van der Waals surface area (Å²) < 4.78 is 4.94. The molecular weight excluding hydrogens is 458 g/mol. The second-order valence-corrected chi connectivity index (χ2v) is 10.5. The van der Waals surface area contributed by atoms with E-state index in [2.05, 4.69) is 89.3 Å². The van der Waals surface area contributed by atoms with Gasteiger partial charge in [0.05, 0.1) is 22.1 Å². The summed E-state index contributed by atoms with van der Waals surface area (Å²) in [5.74, 6) is 0. The van der Waals surface area contributed by atoms with Gasteiger partial charge in [-0.2, -0.15) is 0 Å². The summed E-state index contributed by atoms with van der Waals surface area (Å²) >= 11 is 1.87. The van der Waals surface area contributed by atoms with E-state index >= 15 is 0 Å². The minimum absolute atomic E-state index is 0.927. The van der Waals surface area contributed by atoms with Gasteiger partial charge in [0.25, 0.3) is 0 Å². The van der Waals surface area contributed by atoms with Gasteiger partial charge in [0, 0.05) is 36.3 Å². The van der Waals surface area contributed by atoms with Gasteiger partial charge in [-0.1, -0.05) is 72.8 Å². The first-order chi connectivity index (χ1) is 17.8. The number of hydrogen-bond acceptors (Lipinski definition) is 3. The van der Waals surface area contributed by atoms with Crippen LogP contribution >= 0.6 is 11.3 Å². The Labute approximate surface area is 209 Å². The van der Waals surface area contributed by atoms with E-state index in [9.17, 15) is 0 Å². The van der Waals surface area contributed by atoms with Gasteiger partial charge < -0.3 is 0 Å². The fourth-order valence-electron chi connectivity index (χ4n) is 5.96. The number of para-hydroxylation sites is 3. The van der Waals surface area contributed by atoms with Crippen molar-refractivity contribution in [2.45, 2.75) is 0 Å². The van der Waals surface area contributed by atoms with Crippen molar-refractivity contribution in [3.63, 3.8) is 0 Å². The maximum absolute atomic E-state index is 5.11. The van der Waals surface area contributed by atoms with Crippen molar-refractivity contribution in [3.8, 4) is 11.1 Å². The van der Waals surface area contributed by atoms with Crippen molar-refractivity contribution in [1.29, 1.82) is 0 Å². The predicted octanol–water partition coefficient (Wildman–Crippen LogP) is 8.81. The van der Waals surface area contributed by atoms with Gasteiger partial charge in [0.2, 0.25) is 0 Å². The van der Waals surface area contributed by atoms with Gasteiger partial charge >= 0.3 is 0 Å². The van der Waals surface area contributed by atoms with Crippen LogP contribution in [0.15, 0.2) is 103 Å². The number of thiophene rings is 1. The molecule has 0 radical (unpaired) electrons. The van der Waals surface area contributed by atoms with Crippen molar-refractivity contribution in [2.24, 2.45) is 0 Å². The average Bonchev–Trinajstić information content (AvgIpc) is 3.57. The number of benzene rings is 5. The number of nitrogens with zero attached hydrogens (tertiary/aromatic N) is 3. The van der Waals surface area contributed by atoms with Crippen LogP contribution in [-0.4, -0.2) is 14.4 Å². The monoisotopic (exact) mass is 475 g/mol. The molecule has 4 aromatic heterocycles. The third-order valence-corrected chi connectivity index (χ3v) is 8.60. The van der Waals surface area contributed by atoms with Crippen molar-refractivity contribution in [1.82, 2.24) is 14.4 Å². The Morgan fingerprint density at radius 3 is 2.22 bits per heavy atom. The number of hydrogen-bond donors (Lipinski definition) is 0. The van der Waals surface area contributed by atoms with Crippen LogP contribution in [0.1, 0.15) is 0 Å². The summed E-state index contributed by atoms with van der Waals surface area (Å²) in [5.41, 5.74) is 8.68. The van der Waals surface area contributed by atoms with E-state index in [0.29, 0.717) is 0 Å². The highest BCUT2D eigenvalue weighted by Gasteiger charge is 2.23. The molecular formula is C32H17N3S. The van der Waals surface area contributed by atoms with E-state index < -0.39 is 0 Å². The molecule has 0 atom stereocenters. The molecule has 0 aliphatic heterocycles. The van der Waals surface area contributed by atoms with Crippen LogP contribution in [0.25, 0.3) is 80.7 Å². The lowest BCUT2D eigenvalue weighted by atomic mass is 10.0. The molecule has 0 saturated heterocycles. The molecule has 0 unspecified atom stereocenters. The Morgan fingerprint density at radius 2 is 1.33 bits per heavy atom. The molecule has 5 aromatic carbocycles. The molecule has 0 amide bonds. The molecule has 4 heterocycles. The number of rotatable bonds is 1. The van der Waals surface area contributed by atoms with Gasteiger partial charge in [-0.25, -0.2) is 9.97 Å². The van der Waals surface area contributed by atoms with Gasteiger partial charge in [-0.3, -0.25) is 4.40 Å². The van der Waals surface area contributed by atoms with Gasteiger partial charge in [-0.15, -0.1) is 11.3 Å². The van der Waals surface area contributed by atoms with E-state index in [0.717, 1.165) is 22.2 Å². The third-order valence-electron chi connectivity index (χ3n) is 7.50. The van der Waals surface area contributed by atoms with E-state index in [1.54, 1.807) is 0 Å². The summed E-state index contributed by atoms with van der Waals surface area (Å²) in [6.07, 6.45) is 0. The molecule has 36 heavy (non-hydrogen) atoms. The zero-order valence-electron chi connectivity index (χ0n) is 19.1. The van der Waals surface area contributed by atoms with Crippen molar-refractivity contribution >= 4 is 80.9 Å². The van der Waals surface area contributed by atoms with Crippen LogP contribution in [-0.2, 0) is 0 Å². The average molecular weight is 476 g/mol. The van der Waals surface area contributed by atoms with Crippen molar-refractivity contribution < 1.29 is 0 Å². The molecule has 0 fully saturated rings. The fraction of sp³-hybridized carbons (Fsp3) is 0. The van der Waals surface area contributed by atoms with E-state index in [-0.39, 0.29) is 0 Å². The number of fused-ring (bicyclic) bond motifs is 11. The summed E-state index contributed by atoms with van der Waals surface area (Å²) in [5, 5.41) is 6.40. The lowest BCUT2D eigenvalue weighted by Gasteiger charge is -2.02. The van der Waals surface area contributed by atoms with Crippen LogP contribution in [0.2, 0.25) is 0 Å². The van der Waals surface area contributed by atoms with Crippen LogP contribution in [0, 0.1) is 0 Å². The van der Waals surface area contributed by atoms with E-state index in [1.807, 2.05) is 29.5 Å². The van der Waals surface area contributed by atoms with Crippen molar-refractivity contribution in [3.05, 3.63) is 103 Å². The minimum Gasteiger partial charge on any atom is -0.291 e. The van der Waals surface area contributed by atoms with Gasteiger partial charge in [0.1, 0.15) is 5.52 Å². The maximum Gasteiger partial charge on any atom is 0.165 e. The molecule has 0 N–H and O–H groups in total. The first kappa shape index (κ1) is 18.7. The molecule has 3 nitrogen and oxygen atoms in total. The highest BCUT2D eigenvalue weighted by atomic mass is 32.1. The SMILES string of the molecule is c1ccc(-c2ccc3c(c2)sc2cc4c5nc6ccccc6nc5n5c6ccccc6c(c23)c45)cc1. The molecule has 0 aliphatic carbocycles. The Balaban J connectivity index is 1.50. The van der Waals surface area contributed by atoms with Gasteiger partial charge in [0.15, 0.2) is 5.65 Å². The quantitative estimate of drug-likeness (QED) is 0.237. The van der Waals surface area contributed by atoms with Gasteiger partial charge in [-0.05, 0) is 41.5 Å². The molecule has 0 saturated carbocycles. The fourth-order valence-corrected chi connectivity index (χ4v) is 7.15. The largest absolute Gasteiger partial charge is 0.291 e. The predicted molar refractivity (Wildman–Crippen MR) is 153 cm³/mol. The highest BCUT2D eigenvalue weighted by Crippen LogP contribution is 2.47. The zero-order valence-corrected chi connectivity index (χ0v) is 19.9. The first-order valence-corrected chi connectivity index (χ1v) is 12.9. The smallest absolute Gasteiger partial charge is 0.165 e. The normalized spacial score (nSPS) is 12.4. The lowest BCUT2D eigenvalue weighted by Crippen LogP contribution is -1.88. The molecule has 166 valence electrons. The summed E-state index contributed by atoms with van der Waals surface area (Å²) in [7, 11) is 0. The van der Waals surface area contributed by atoms with Crippen molar-refractivity contribution in [2.75, 3.05) is 0 Å². The Hall–Kier alpha value is -4.54. The second kappa shape index (κ2) is 6.56. The Morgan fingerprint density at radius 1 is 0.556 bits per heavy atom. The van der Waals surface area contributed by atoms with Crippen LogP contribution in [0.4, 0.5) is 0 Å². The van der Waals surface area contributed by atoms with Crippen LogP contribution < -0.4 is 0 Å². The van der Waals surface area contributed by atoms with Crippen LogP contribution in [0.5, 0.6) is 0 Å². The molecule has 0 aliphatic rings. The standard InChI is InChI=1S/C32H17N3S/c1-2-8-18(9-3-1)19-14-15-21-26(16-19)36-27-17-22-30-32(34-24-12-6-5-11-23(24)33-30)35-25-13-7-4-10-20(25)29(28(21)27)31(22)35/h1-17H. The third kappa shape index (κ3) is 2.27. The first-order valence-electron chi connectivity index (χ1n) is 12.1. The Kier molecular flexibility index (Phi) is 3.42. The molecule has 0 spiro atoms. The highest BCUT2D eigenvalue weighted by molar-refractivity contribution is 7.26. The molecule has 9 aromatic rings. The zero-order chi connectivity index (χ0) is 23.4. The van der Waals surface area contributed by atoms with E-state index in [1.165, 1.54) is 58.5 Å². The molecule has 0 bridgehead atoms. The minimum atomic E-state index is 0.927. The maximum atomic E-state index is 5.11. The summed E-state index contributed by atoms with van der Waals surface area (Å²) in [4.78, 5) is 10.2. The molecule has 4 heteroatoms. The van der Waals surface area contributed by atoms with E-state index in [4.69, 9.17) is 9.97 Å².